The minimum absolute atomic E-state index is 0.0506. The van der Waals surface area contributed by atoms with E-state index < -0.39 is 5.82 Å². The van der Waals surface area contributed by atoms with Gasteiger partial charge in [0.1, 0.15) is 35.0 Å². The fourth-order valence-electron chi connectivity index (χ4n) is 3.25. The maximum absolute atomic E-state index is 14.6. The van der Waals surface area contributed by atoms with Crippen molar-refractivity contribution in [2.24, 2.45) is 5.92 Å². The molecule has 0 aliphatic heterocycles. The van der Waals surface area contributed by atoms with Gasteiger partial charge in [-0.15, -0.1) is 0 Å². The van der Waals surface area contributed by atoms with Crippen LogP contribution < -0.4 is 10.1 Å². The Morgan fingerprint density at radius 2 is 1.91 bits per heavy atom. The van der Waals surface area contributed by atoms with Gasteiger partial charge in [-0.2, -0.15) is 5.26 Å². The van der Waals surface area contributed by atoms with Crippen LogP contribution in [0.4, 0.5) is 10.2 Å². The molecule has 4 rings (SSSR count). The second-order valence-corrected chi connectivity index (χ2v) is 8.22. The zero-order valence-corrected chi connectivity index (χ0v) is 18.2. The molecule has 0 unspecified atom stereocenters. The number of Topliss-reactive ketones (excluding diaryl/α,β-unsaturated/α-hetero) is 1. The summed E-state index contributed by atoms with van der Waals surface area (Å²) < 4.78 is 20.3. The van der Waals surface area contributed by atoms with Crippen molar-refractivity contribution in [3.05, 3.63) is 82.3 Å². The molecule has 1 N–H and O–H groups in total. The molecule has 0 saturated heterocycles. The Balaban J connectivity index is 1.38. The molecule has 1 aromatic heterocycles. The lowest BCUT2D eigenvalue weighted by atomic mass is 10.0. The Labute approximate surface area is 195 Å². The molecule has 3 aromatic rings. The first-order valence-corrected chi connectivity index (χ1v) is 10.7. The van der Waals surface area contributed by atoms with Crippen LogP contribution in [-0.2, 0) is 22.4 Å². The minimum Gasteiger partial charge on any atom is -0.457 e. The number of hydrogen-bond acceptors (Lipinski definition) is 5. The number of anilines is 1. The van der Waals surface area contributed by atoms with E-state index in [1.165, 1.54) is 18.3 Å². The predicted octanol–water partition coefficient (Wildman–Crippen LogP) is 5.24. The molecule has 0 atom stereocenters. The molecule has 1 amide bonds. The van der Waals surface area contributed by atoms with Gasteiger partial charge in [0.05, 0.1) is 10.6 Å². The van der Waals surface area contributed by atoms with Crippen molar-refractivity contribution in [1.29, 1.82) is 5.26 Å². The summed E-state index contributed by atoms with van der Waals surface area (Å²) in [7, 11) is 0. The number of hydrogen-bond donors (Lipinski definition) is 1. The molecule has 0 bridgehead atoms. The van der Waals surface area contributed by atoms with E-state index in [4.69, 9.17) is 21.6 Å². The summed E-state index contributed by atoms with van der Waals surface area (Å²) in [5.41, 5.74) is 1.24. The van der Waals surface area contributed by atoms with E-state index in [1.807, 2.05) is 6.07 Å². The molecule has 0 spiro atoms. The van der Waals surface area contributed by atoms with Gasteiger partial charge < -0.3 is 10.1 Å². The van der Waals surface area contributed by atoms with Crippen LogP contribution >= 0.6 is 11.6 Å². The quantitative estimate of drug-likeness (QED) is 0.493. The van der Waals surface area contributed by atoms with Crippen LogP contribution in [0.3, 0.4) is 0 Å². The van der Waals surface area contributed by atoms with Gasteiger partial charge in [-0.05, 0) is 48.2 Å². The Bertz CT molecular complexity index is 1270. The third-order valence-electron chi connectivity index (χ3n) is 5.13. The van der Waals surface area contributed by atoms with Gasteiger partial charge in [0.15, 0.2) is 0 Å². The fourth-order valence-corrected chi connectivity index (χ4v) is 3.50. The number of halogens is 2. The van der Waals surface area contributed by atoms with E-state index in [9.17, 15) is 14.0 Å². The van der Waals surface area contributed by atoms with E-state index in [0.717, 1.165) is 12.8 Å². The van der Waals surface area contributed by atoms with Crippen molar-refractivity contribution in [3.63, 3.8) is 0 Å². The van der Waals surface area contributed by atoms with Gasteiger partial charge in [-0.3, -0.25) is 9.59 Å². The first-order chi connectivity index (χ1) is 15.9. The Kier molecular flexibility index (Phi) is 6.66. The van der Waals surface area contributed by atoms with Crippen molar-refractivity contribution >= 4 is 29.1 Å². The molecule has 1 saturated carbocycles. The lowest BCUT2D eigenvalue weighted by Crippen LogP contribution is -2.14. The average Bonchev–Trinajstić information content (AvgIpc) is 3.62. The molecule has 1 aliphatic carbocycles. The maximum Gasteiger partial charge on any atom is 0.228 e. The molecule has 33 heavy (non-hydrogen) atoms. The first kappa shape index (κ1) is 22.4. The Hall–Kier alpha value is -3.76. The first-order valence-electron chi connectivity index (χ1n) is 10.3. The summed E-state index contributed by atoms with van der Waals surface area (Å²) >= 11 is 6.00. The molecular weight excluding hydrogens is 445 g/mol. The topological polar surface area (TPSA) is 92.1 Å². The number of aromatic nitrogens is 1. The van der Waals surface area contributed by atoms with E-state index in [-0.39, 0.29) is 46.8 Å². The zero-order chi connectivity index (χ0) is 23.4. The Morgan fingerprint density at radius 3 is 2.61 bits per heavy atom. The van der Waals surface area contributed by atoms with Crippen molar-refractivity contribution in [2.75, 3.05) is 5.32 Å². The van der Waals surface area contributed by atoms with Crippen LogP contribution in [-0.4, -0.2) is 16.7 Å². The molecule has 0 radical (unpaired) electrons. The summed E-state index contributed by atoms with van der Waals surface area (Å²) in [6.07, 6.45) is 3.26. The van der Waals surface area contributed by atoms with Crippen molar-refractivity contribution in [1.82, 2.24) is 4.98 Å². The van der Waals surface area contributed by atoms with Crippen LogP contribution in [0.15, 0.2) is 54.7 Å². The van der Waals surface area contributed by atoms with Crippen LogP contribution in [0.2, 0.25) is 5.02 Å². The standard InChI is InChI=1S/C25H19ClFN3O3/c26-22-10-15(1-2-18(22)14-28)9-19(31)11-17-5-6-20(12-23(17)27)33-21-7-8-29-24(13-21)30-25(32)16-3-4-16/h1-2,5-8,10,12-13,16H,3-4,9,11H2,(H,29,30,32). The fraction of sp³-hybridized carbons (Fsp3) is 0.200. The van der Waals surface area contributed by atoms with E-state index in [1.54, 1.807) is 36.4 Å². The van der Waals surface area contributed by atoms with Gasteiger partial charge in [0.25, 0.3) is 0 Å². The third-order valence-corrected chi connectivity index (χ3v) is 5.45. The van der Waals surface area contributed by atoms with Crippen molar-refractivity contribution < 1.29 is 18.7 Å². The van der Waals surface area contributed by atoms with E-state index in [0.29, 0.717) is 22.7 Å². The monoisotopic (exact) mass is 463 g/mol. The van der Waals surface area contributed by atoms with Gasteiger partial charge >= 0.3 is 0 Å². The van der Waals surface area contributed by atoms with Gasteiger partial charge in [-0.25, -0.2) is 9.37 Å². The highest BCUT2D eigenvalue weighted by Crippen LogP contribution is 2.31. The predicted molar refractivity (Wildman–Crippen MR) is 121 cm³/mol. The SMILES string of the molecule is N#Cc1ccc(CC(=O)Cc2ccc(Oc3ccnc(NC(=O)C4CC4)c3)cc2F)cc1Cl. The Morgan fingerprint density at radius 1 is 1.12 bits per heavy atom. The number of carbonyl (C=O) groups is 2. The second-order valence-electron chi connectivity index (χ2n) is 7.81. The van der Waals surface area contributed by atoms with E-state index >= 15 is 0 Å². The summed E-state index contributed by atoms with van der Waals surface area (Å²) in [5, 5.41) is 11.9. The average molecular weight is 464 g/mol. The number of amides is 1. The number of ether oxygens (including phenoxy) is 1. The highest BCUT2D eigenvalue weighted by molar-refractivity contribution is 6.31. The van der Waals surface area contributed by atoms with Gasteiger partial charge in [0, 0.05) is 37.1 Å². The summed E-state index contributed by atoms with van der Waals surface area (Å²) in [6.45, 7) is 0. The van der Waals surface area contributed by atoms with Crippen LogP contribution in [0.25, 0.3) is 0 Å². The third kappa shape index (κ3) is 5.93. The van der Waals surface area contributed by atoms with Crippen LogP contribution in [0, 0.1) is 23.1 Å². The van der Waals surface area contributed by atoms with Gasteiger partial charge in [0.2, 0.25) is 5.91 Å². The van der Waals surface area contributed by atoms with E-state index in [2.05, 4.69) is 10.3 Å². The molecule has 1 heterocycles. The second kappa shape index (κ2) is 9.80. The summed E-state index contributed by atoms with van der Waals surface area (Å²) in [6, 6.07) is 14.2. The number of pyridine rings is 1. The number of nitrogens with one attached hydrogen (secondary N) is 1. The van der Waals surface area contributed by atoms with Crippen LogP contribution in [0.1, 0.15) is 29.5 Å². The highest BCUT2D eigenvalue weighted by atomic mass is 35.5. The normalized spacial score (nSPS) is 12.6. The lowest BCUT2D eigenvalue weighted by Gasteiger charge is -2.10. The summed E-state index contributed by atoms with van der Waals surface area (Å²) in [5.74, 6) is 0.265. The molecule has 8 heteroatoms. The molecule has 6 nitrogen and oxygen atoms in total. The molecule has 2 aromatic carbocycles. The molecule has 166 valence electrons. The number of benzene rings is 2. The zero-order valence-electron chi connectivity index (χ0n) is 17.5. The maximum atomic E-state index is 14.6. The molecule has 1 aliphatic rings. The number of ketones is 1. The van der Waals surface area contributed by atoms with Crippen molar-refractivity contribution in [3.8, 4) is 17.6 Å². The molecular formula is C25H19ClFN3O3. The summed E-state index contributed by atoms with van der Waals surface area (Å²) in [4.78, 5) is 28.4. The number of nitrogens with zero attached hydrogens (tertiary/aromatic N) is 2. The van der Waals surface area contributed by atoms with Crippen LogP contribution in [0.5, 0.6) is 11.5 Å². The van der Waals surface area contributed by atoms with Gasteiger partial charge in [-0.1, -0.05) is 23.7 Å². The largest absolute Gasteiger partial charge is 0.457 e. The van der Waals surface area contributed by atoms with Crippen molar-refractivity contribution in [2.45, 2.75) is 25.7 Å². The number of nitriles is 1. The number of rotatable bonds is 8. The molecule has 1 fully saturated rings. The smallest absolute Gasteiger partial charge is 0.228 e. The number of carbonyl (C=O) groups excluding carboxylic acids is 2. The minimum atomic E-state index is -0.560. The highest BCUT2D eigenvalue weighted by Gasteiger charge is 2.29. The lowest BCUT2D eigenvalue weighted by molar-refractivity contribution is -0.118.